The first-order valence-corrected chi connectivity index (χ1v) is 5.42. The molecule has 5 heteroatoms. The van der Waals surface area contributed by atoms with Crippen LogP contribution in [0.3, 0.4) is 0 Å². The minimum absolute atomic E-state index is 0.295. The molecule has 0 saturated heterocycles. The summed E-state index contributed by atoms with van der Waals surface area (Å²) < 4.78 is 0. The fourth-order valence-electron chi connectivity index (χ4n) is 0.990. The fraction of sp³-hybridized carbons (Fsp3) is 0.667. The number of aromatic nitrogens is 1. The van der Waals surface area contributed by atoms with Crippen molar-refractivity contribution in [1.82, 2.24) is 10.3 Å². The number of aliphatic hydroxyl groups is 1. The number of hydrogen-bond acceptors (Lipinski definition) is 5. The molecule has 1 rings (SSSR count). The lowest BCUT2D eigenvalue weighted by Gasteiger charge is -2.06. The molecule has 1 aromatic heterocycles. The summed E-state index contributed by atoms with van der Waals surface area (Å²) in [5.74, 6) is 0. The van der Waals surface area contributed by atoms with Gasteiger partial charge in [0.2, 0.25) is 0 Å². The summed E-state index contributed by atoms with van der Waals surface area (Å²) in [4.78, 5) is 7.43. The van der Waals surface area contributed by atoms with Gasteiger partial charge in [0.25, 0.3) is 0 Å². The SMILES string of the molecule is C[C@@H](O)CNCc1cnc(N(C)C)s1. The summed E-state index contributed by atoms with van der Waals surface area (Å²) >= 11 is 1.66. The van der Waals surface area contributed by atoms with E-state index in [0.717, 1.165) is 11.7 Å². The molecule has 2 N–H and O–H groups in total. The average Bonchev–Trinajstić information content (AvgIpc) is 2.52. The highest BCUT2D eigenvalue weighted by Crippen LogP contribution is 2.19. The number of hydrogen-bond donors (Lipinski definition) is 2. The van der Waals surface area contributed by atoms with Crippen molar-refractivity contribution < 1.29 is 5.11 Å². The quantitative estimate of drug-likeness (QED) is 0.758. The predicted molar refractivity (Wildman–Crippen MR) is 59.8 cm³/mol. The molecule has 0 unspecified atom stereocenters. The van der Waals surface area contributed by atoms with Crippen molar-refractivity contribution in [3.63, 3.8) is 0 Å². The third-order valence-electron chi connectivity index (χ3n) is 1.66. The maximum Gasteiger partial charge on any atom is 0.185 e. The lowest BCUT2D eigenvalue weighted by molar-refractivity contribution is 0.191. The Balaban J connectivity index is 2.36. The molecule has 4 nitrogen and oxygen atoms in total. The molecule has 0 aliphatic heterocycles. The standard InChI is InChI=1S/C9H17N3OS/c1-7(13)4-10-5-8-6-11-9(14-8)12(2)3/h6-7,10,13H,4-5H2,1-3H3/t7-/m1/s1. The minimum atomic E-state index is -0.295. The van der Waals surface area contributed by atoms with Crippen LogP contribution in [0.25, 0.3) is 0 Å². The van der Waals surface area contributed by atoms with Gasteiger partial charge in [0.1, 0.15) is 0 Å². The lowest BCUT2D eigenvalue weighted by atomic mass is 10.4. The summed E-state index contributed by atoms with van der Waals surface area (Å²) in [5.41, 5.74) is 0. The first kappa shape index (κ1) is 11.4. The Morgan fingerprint density at radius 3 is 2.86 bits per heavy atom. The Hall–Kier alpha value is -0.650. The molecule has 1 heterocycles. The van der Waals surface area contributed by atoms with Gasteiger partial charge < -0.3 is 15.3 Å². The largest absolute Gasteiger partial charge is 0.392 e. The van der Waals surface area contributed by atoms with Gasteiger partial charge in [-0.3, -0.25) is 0 Å². The van der Waals surface area contributed by atoms with Crippen molar-refractivity contribution >= 4 is 16.5 Å². The Bertz CT molecular complexity index is 273. The molecule has 1 aromatic rings. The van der Waals surface area contributed by atoms with Crippen LogP contribution in [-0.4, -0.2) is 36.8 Å². The van der Waals surface area contributed by atoms with Crippen LogP contribution in [-0.2, 0) is 6.54 Å². The molecule has 80 valence electrons. The van der Waals surface area contributed by atoms with Crippen molar-refractivity contribution in [2.24, 2.45) is 0 Å². The second kappa shape index (κ2) is 5.29. The van der Waals surface area contributed by atoms with Crippen LogP contribution in [0, 0.1) is 0 Å². The molecule has 0 aliphatic rings. The molecule has 0 amide bonds. The van der Waals surface area contributed by atoms with Gasteiger partial charge in [-0.1, -0.05) is 0 Å². The Morgan fingerprint density at radius 1 is 1.64 bits per heavy atom. The highest BCUT2D eigenvalue weighted by molar-refractivity contribution is 7.15. The lowest BCUT2D eigenvalue weighted by Crippen LogP contribution is -2.23. The van der Waals surface area contributed by atoms with Gasteiger partial charge >= 0.3 is 0 Å². The summed E-state index contributed by atoms with van der Waals surface area (Å²) in [6, 6.07) is 0. The maximum atomic E-state index is 9.04. The van der Waals surface area contributed by atoms with Crippen molar-refractivity contribution in [1.29, 1.82) is 0 Å². The summed E-state index contributed by atoms with van der Waals surface area (Å²) in [7, 11) is 3.96. The normalized spacial score (nSPS) is 12.9. The summed E-state index contributed by atoms with van der Waals surface area (Å²) in [6.07, 6.45) is 1.57. The molecule has 0 aromatic carbocycles. The number of aliphatic hydroxyl groups excluding tert-OH is 1. The van der Waals surface area contributed by atoms with E-state index in [0.29, 0.717) is 6.54 Å². The molecule has 0 spiro atoms. The highest BCUT2D eigenvalue weighted by atomic mass is 32.1. The Labute approximate surface area is 88.6 Å². The smallest absolute Gasteiger partial charge is 0.185 e. The summed E-state index contributed by atoms with van der Waals surface area (Å²) in [6.45, 7) is 3.16. The van der Waals surface area contributed by atoms with E-state index in [1.54, 1.807) is 18.3 Å². The van der Waals surface area contributed by atoms with Crippen LogP contribution in [0.2, 0.25) is 0 Å². The zero-order valence-electron chi connectivity index (χ0n) is 8.82. The molecule has 0 radical (unpaired) electrons. The summed E-state index contributed by atoms with van der Waals surface area (Å²) in [5, 5.41) is 13.2. The number of nitrogens with zero attached hydrogens (tertiary/aromatic N) is 2. The maximum absolute atomic E-state index is 9.04. The van der Waals surface area contributed by atoms with E-state index in [9.17, 15) is 0 Å². The average molecular weight is 215 g/mol. The molecule has 14 heavy (non-hydrogen) atoms. The van der Waals surface area contributed by atoms with Gasteiger partial charge in [-0.2, -0.15) is 0 Å². The zero-order chi connectivity index (χ0) is 10.6. The van der Waals surface area contributed by atoms with Gasteiger partial charge in [0.15, 0.2) is 5.13 Å². The van der Waals surface area contributed by atoms with Crippen LogP contribution in [0.5, 0.6) is 0 Å². The van der Waals surface area contributed by atoms with Crippen LogP contribution in [0.4, 0.5) is 5.13 Å². The minimum Gasteiger partial charge on any atom is -0.392 e. The van der Waals surface area contributed by atoms with E-state index < -0.39 is 0 Å². The van der Waals surface area contributed by atoms with Crippen LogP contribution >= 0.6 is 11.3 Å². The van der Waals surface area contributed by atoms with E-state index >= 15 is 0 Å². The molecule has 0 saturated carbocycles. The van der Waals surface area contributed by atoms with Gasteiger partial charge in [0, 0.05) is 38.3 Å². The van der Waals surface area contributed by atoms with E-state index in [-0.39, 0.29) is 6.10 Å². The number of rotatable bonds is 5. The Morgan fingerprint density at radius 2 is 2.36 bits per heavy atom. The Kier molecular flexibility index (Phi) is 4.31. The van der Waals surface area contributed by atoms with Gasteiger partial charge in [-0.25, -0.2) is 4.98 Å². The zero-order valence-corrected chi connectivity index (χ0v) is 9.64. The molecule has 0 fully saturated rings. The van der Waals surface area contributed by atoms with E-state index in [2.05, 4.69) is 10.3 Å². The van der Waals surface area contributed by atoms with Crippen molar-refractivity contribution in [3.8, 4) is 0 Å². The highest BCUT2D eigenvalue weighted by Gasteiger charge is 2.03. The predicted octanol–water partition coefficient (Wildman–Crippen LogP) is 0.679. The molecule has 0 aliphatic carbocycles. The molecular weight excluding hydrogens is 198 g/mol. The van der Waals surface area contributed by atoms with E-state index in [1.807, 2.05) is 25.2 Å². The molecule has 1 atom stereocenters. The van der Waals surface area contributed by atoms with E-state index in [4.69, 9.17) is 5.11 Å². The molecular formula is C9H17N3OS. The van der Waals surface area contributed by atoms with Gasteiger partial charge in [0.05, 0.1) is 6.10 Å². The second-order valence-electron chi connectivity index (χ2n) is 3.48. The second-order valence-corrected chi connectivity index (χ2v) is 4.58. The number of nitrogens with one attached hydrogen (secondary N) is 1. The van der Waals surface area contributed by atoms with Gasteiger partial charge in [-0.15, -0.1) is 11.3 Å². The fourth-order valence-corrected chi connectivity index (χ4v) is 1.79. The van der Waals surface area contributed by atoms with Crippen molar-refractivity contribution in [2.75, 3.05) is 25.5 Å². The van der Waals surface area contributed by atoms with Crippen LogP contribution < -0.4 is 10.2 Å². The first-order chi connectivity index (χ1) is 6.59. The van der Waals surface area contributed by atoms with Gasteiger partial charge in [-0.05, 0) is 6.92 Å². The van der Waals surface area contributed by atoms with Crippen molar-refractivity contribution in [2.45, 2.75) is 19.6 Å². The molecule has 0 bridgehead atoms. The third-order valence-corrected chi connectivity index (χ3v) is 2.83. The van der Waals surface area contributed by atoms with E-state index in [1.165, 1.54) is 4.88 Å². The topological polar surface area (TPSA) is 48.4 Å². The van der Waals surface area contributed by atoms with Crippen LogP contribution in [0.15, 0.2) is 6.20 Å². The monoisotopic (exact) mass is 215 g/mol. The number of anilines is 1. The number of thiazole rings is 1. The first-order valence-electron chi connectivity index (χ1n) is 4.60. The third kappa shape index (κ3) is 3.61. The van der Waals surface area contributed by atoms with Crippen LogP contribution in [0.1, 0.15) is 11.8 Å². The van der Waals surface area contributed by atoms with Crippen molar-refractivity contribution in [3.05, 3.63) is 11.1 Å².